The molecule has 2 aromatic rings. The van der Waals surface area contributed by atoms with Crippen LogP contribution in [0.5, 0.6) is 0 Å². The summed E-state index contributed by atoms with van der Waals surface area (Å²) in [5.74, 6) is -1.47. The fraction of sp³-hybridized carbons (Fsp3) is 0.150. The number of nitrogens with zero attached hydrogens (tertiary/aromatic N) is 1. The highest BCUT2D eigenvalue weighted by Gasteiger charge is 2.30. The highest BCUT2D eigenvalue weighted by Crippen LogP contribution is 2.29. The molecular weight excluding hydrogens is 373 g/mol. The molecule has 0 saturated carbocycles. The van der Waals surface area contributed by atoms with Gasteiger partial charge in [-0.05, 0) is 55.0 Å². The average molecular weight is 388 g/mol. The largest absolute Gasteiger partial charge is 0.449 e. The molecule has 0 bridgehead atoms. The Balaban J connectivity index is 1.93. The first-order valence-corrected chi connectivity index (χ1v) is 8.06. The summed E-state index contributed by atoms with van der Waals surface area (Å²) in [6.45, 7) is 1.36. The molecule has 0 aliphatic rings. The molecule has 1 N–H and O–H groups in total. The lowest BCUT2D eigenvalue weighted by molar-refractivity contribution is -0.148. The van der Waals surface area contributed by atoms with E-state index < -0.39 is 29.7 Å². The van der Waals surface area contributed by atoms with E-state index in [1.54, 1.807) is 0 Å². The van der Waals surface area contributed by atoms with Gasteiger partial charge in [-0.1, -0.05) is 12.1 Å². The molecule has 1 atom stereocenters. The van der Waals surface area contributed by atoms with Crippen molar-refractivity contribution in [3.63, 3.8) is 0 Å². The Kier molecular flexibility index (Phi) is 6.55. The summed E-state index contributed by atoms with van der Waals surface area (Å²) in [6, 6.07) is 12.5. The predicted octanol–water partition coefficient (Wildman–Crippen LogP) is 4.16. The summed E-state index contributed by atoms with van der Waals surface area (Å²) in [5, 5.41) is 11.3. The van der Waals surface area contributed by atoms with Crippen LogP contribution in [0.3, 0.4) is 0 Å². The minimum absolute atomic E-state index is 0.168. The van der Waals surface area contributed by atoms with Crippen molar-refractivity contribution < 1.29 is 27.5 Å². The van der Waals surface area contributed by atoms with Gasteiger partial charge in [0.05, 0.1) is 17.2 Å². The number of ether oxygens (including phenoxy) is 1. The maximum atomic E-state index is 12.7. The van der Waals surface area contributed by atoms with Gasteiger partial charge < -0.3 is 10.1 Å². The zero-order valence-corrected chi connectivity index (χ0v) is 14.7. The molecule has 0 spiro atoms. The number of amides is 1. The monoisotopic (exact) mass is 388 g/mol. The summed E-state index contributed by atoms with van der Waals surface area (Å²) in [5.41, 5.74) is 0.184. The summed E-state index contributed by atoms with van der Waals surface area (Å²) in [4.78, 5) is 23.8. The Morgan fingerprint density at radius 2 is 1.86 bits per heavy atom. The van der Waals surface area contributed by atoms with Gasteiger partial charge in [0.2, 0.25) is 0 Å². The standard InChI is InChI=1S/C20H15F3N2O3/c1-13(19(27)25-17-8-5-15(12-24)6-9-17)28-18(26)10-7-14-3-2-4-16(11-14)20(21,22)23/h2-11,13H,1H3,(H,25,27)/b10-7+/t13-/m1/s1. The third kappa shape index (κ3) is 5.99. The topological polar surface area (TPSA) is 79.2 Å². The summed E-state index contributed by atoms with van der Waals surface area (Å²) in [7, 11) is 0. The number of halogens is 3. The number of benzene rings is 2. The molecule has 5 nitrogen and oxygen atoms in total. The number of carbonyl (C=O) groups is 2. The molecule has 8 heteroatoms. The van der Waals surface area contributed by atoms with Crippen molar-refractivity contribution in [2.45, 2.75) is 19.2 Å². The summed E-state index contributed by atoms with van der Waals surface area (Å²) in [6.07, 6.45) is -3.50. The number of hydrogen-bond acceptors (Lipinski definition) is 4. The highest BCUT2D eigenvalue weighted by atomic mass is 19.4. The van der Waals surface area contributed by atoms with Crippen molar-refractivity contribution in [3.8, 4) is 6.07 Å². The molecule has 2 rings (SSSR count). The quantitative estimate of drug-likeness (QED) is 0.616. The SMILES string of the molecule is C[C@@H](OC(=O)/C=C/c1cccc(C(F)(F)F)c1)C(=O)Nc1ccc(C#N)cc1. The van der Waals surface area contributed by atoms with E-state index in [1.165, 1.54) is 49.4 Å². The second-order valence-electron chi connectivity index (χ2n) is 5.71. The summed E-state index contributed by atoms with van der Waals surface area (Å²) >= 11 is 0. The first-order valence-electron chi connectivity index (χ1n) is 8.06. The van der Waals surface area contributed by atoms with Gasteiger partial charge >= 0.3 is 12.1 Å². The Morgan fingerprint density at radius 3 is 2.46 bits per heavy atom. The number of nitrogens with one attached hydrogen (secondary N) is 1. The molecule has 0 saturated heterocycles. The second-order valence-corrected chi connectivity index (χ2v) is 5.71. The molecule has 2 aromatic carbocycles. The van der Waals surface area contributed by atoms with E-state index in [-0.39, 0.29) is 5.56 Å². The smallest absolute Gasteiger partial charge is 0.416 e. The molecule has 28 heavy (non-hydrogen) atoms. The first kappa shape index (κ1) is 20.7. The number of nitriles is 1. The van der Waals surface area contributed by atoms with Crippen LogP contribution in [-0.4, -0.2) is 18.0 Å². The number of carbonyl (C=O) groups excluding carboxylic acids is 2. The minimum Gasteiger partial charge on any atom is -0.449 e. The lowest BCUT2D eigenvalue weighted by Gasteiger charge is -2.12. The fourth-order valence-corrected chi connectivity index (χ4v) is 2.12. The normalized spacial score (nSPS) is 12.2. The van der Waals surface area contributed by atoms with Crippen LogP contribution in [0.2, 0.25) is 0 Å². The Morgan fingerprint density at radius 1 is 1.18 bits per heavy atom. The van der Waals surface area contributed by atoms with Crippen LogP contribution in [0.25, 0.3) is 6.08 Å². The van der Waals surface area contributed by atoms with Gasteiger partial charge in [-0.15, -0.1) is 0 Å². The van der Waals surface area contributed by atoms with E-state index in [4.69, 9.17) is 10.00 Å². The van der Waals surface area contributed by atoms with Crippen LogP contribution >= 0.6 is 0 Å². The number of alkyl halides is 3. The number of esters is 1. The van der Waals surface area contributed by atoms with Crippen LogP contribution in [0, 0.1) is 11.3 Å². The van der Waals surface area contributed by atoms with E-state index in [0.29, 0.717) is 11.3 Å². The van der Waals surface area contributed by atoms with Crippen molar-refractivity contribution in [1.29, 1.82) is 5.26 Å². The molecule has 0 aliphatic carbocycles. The molecule has 0 fully saturated rings. The Bertz CT molecular complexity index is 929. The van der Waals surface area contributed by atoms with E-state index in [2.05, 4.69) is 5.32 Å². The van der Waals surface area contributed by atoms with Crippen LogP contribution in [0.1, 0.15) is 23.6 Å². The molecule has 0 radical (unpaired) electrons. The van der Waals surface area contributed by atoms with Crippen molar-refractivity contribution >= 4 is 23.6 Å². The maximum Gasteiger partial charge on any atom is 0.416 e. The second kappa shape index (κ2) is 8.86. The van der Waals surface area contributed by atoms with Gasteiger partial charge in [0, 0.05) is 11.8 Å². The summed E-state index contributed by atoms with van der Waals surface area (Å²) < 4.78 is 43.0. The van der Waals surface area contributed by atoms with Crippen molar-refractivity contribution in [2.24, 2.45) is 0 Å². The zero-order valence-electron chi connectivity index (χ0n) is 14.7. The van der Waals surface area contributed by atoms with E-state index >= 15 is 0 Å². The van der Waals surface area contributed by atoms with Crippen LogP contribution in [0.4, 0.5) is 18.9 Å². The third-order valence-corrected chi connectivity index (χ3v) is 3.57. The number of hydrogen-bond donors (Lipinski definition) is 1. The van der Waals surface area contributed by atoms with Gasteiger partial charge in [0.15, 0.2) is 6.10 Å². The molecule has 0 unspecified atom stereocenters. The van der Waals surface area contributed by atoms with Gasteiger partial charge in [-0.2, -0.15) is 18.4 Å². The van der Waals surface area contributed by atoms with Crippen molar-refractivity contribution in [2.75, 3.05) is 5.32 Å². The molecule has 144 valence electrons. The first-order chi connectivity index (χ1) is 13.2. The van der Waals surface area contributed by atoms with Gasteiger partial charge in [0.25, 0.3) is 5.91 Å². The van der Waals surface area contributed by atoms with E-state index in [0.717, 1.165) is 18.2 Å². The Labute approximate surface area is 159 Å². The number of rotatable bonds is 5. The average Bonchev–Trinajstić information content (AvgIpc) is 2.66. The lowest BCUT2D eigenvalue weighted by atomic mass is 10.1. The van der Waals surface area contributed by atoms with Crippen LogP contribution in [-0.2, 0) is 20.5 Å². The van der Waals surface area contributed by atoms with Gasteiger partial charge in [0.1, 0.15) is 0 Å². The van der Waals surface area contributed by atoms with E-state index in [9.17, 15) is 22.8 Å². The van der Waals surface area contributed by atoms with Crippen molar-refractivity contribution in [1.82, 2.24) is 0 Å². The van der Waals surface area contributed by atoms with E-state index in [1.807, 2.05) is 6.07 Å². The Hall–Kier alpha value is -3.60. The fourth-order valence-electron chi connectivity index (χ4n) is 2.12. The highest BCUT2D eigenvalue weighted by molar-refractivity contribution is 5.96. The predicted molar refractivity (Wildman–Crippen MR) is 95.8 cm³/mol. The maximum absolute atomic E-state index is 12.7. The van der Waals surface area contributed by atoms with Gasteiger partial charge in [-0.25, -0.2) is 4.79 Å². The third-order valence-electron chi connectivity index (χ3n) is 3.57. The van der Waals surface area contributed by atoms with Gasteiger partial charge in [-0.3, -0.25) is 4.79 Å². The molecule has 0 aromatic heterocycles. The van der Waals surface area contributed by atoms with Crippen LogP contribution < -0.4 is 5.32 Å². The molecule has 0 aliphatic heterocycles. The van der Waals surface area contributed by atoms with Crippen LogP contribution in [0.15, 0.2) is 54.6 Å². The minimum atomic E-state index is -4.48. The molecule has 0 heterocycles. The van der Waals surface area contributed by atoms with Crippen molar-refractivity contribution in [3.05, 3.63) is 71.3 Å². The molecular formula is C20H15F3N2O3. The number of anilines is 1. The lowest BCUT2D eigenvalue weighted by Crippen LogP contribution is -2.29. The molecule has 1 amide bonds. The zero-order chi connectivity index (χ0) is 20.7.